The molecule has 100 valence electrons. The van der Waals surface area contributed by atoms with Crippen LogP contribution in [0.4, 0.5) is 5.69 Å². The number of hydrogen-bond acceptors (Lipinski definition) is 4. The molecule has 0 atom stereocenters. The van der Waals surface area contributed by atoms with E-state index in [0.717, 1.165) is 30.0 Å². The van der Waals surface area contributed by atoms with Gasteiger partial charge in [0, 0.05) is 24.5 Å². The van der Waals surface area contributed by atoms with Crippen LogP contribution >= 0.6 is 0 Å². The van der Waals surface area contributed by atoms with Gasteiger partial charge < -0.3 is 5.32 Å². The fourth-order valence-corrected chi connectivity index (χ4v) is 1.76. The fraction of sp³-hybridized carbons (Fsp3) is 0.357. The average Bonchev–Trinajstić information content (AvgIpc) is 2.41. The third-order valence-corrected chi connectivity index (χ3v) is 2.71. The maximum absolute atomic E-state index is 11.7. The van der Waals surface area contributed by atoms with E-state index >= 15 is 0 Å². The molecule has 5 heteroatoms. The second-order valence-corrected chi connectivity index (χ2v) is 4.43. The number of pyridine rings is 1. The van der Waals surface area contributed by atoms with Crippen molar-refractivity contribution in [1.82, 2.24) is 14.8 Å². The number of nitrogens with zero attached hydrogens (tertiary/aromatic N) is 3. The highest BCUT2D eigenvalue weighted by Gasteiger charge is 2.02. The van der Waals surface area contributed by atoms with Crippen molar-refractivity contribution in [2.45, 2.75) is 26.8 Å². The summed E-state index contributed by atoms with van der Waals surface area (Å²) in [5.41, 5.74) is 2.55. The number of rotatable bonds is 5. The Bertz CT molecular complexity index is 606. The van der Waals surface area contributed by atoms with Gasteiger partial charge in [-0.25, -0.2) is 4.68 Å². The van der Waals surface area contributed by atoms with Gasteiger partial charge in [0.1, 0.15) is 0 Å². The molecule has 1 N–H and O–H groups in total. The van der Waals surface area contributed by atoms with Crippen LogP contribution in [-0.4, -0.2) is 21.3 Å². The summed E-state index contributed by atoms with van der Waals surface area (Å²) in [5, 5.41) is 7.50. The van der Waals surface area contributed by atoms with Crippen LogP contribution in [0.25, 0.3) is 0 Å². The van der Waals surface area contributed by atoms with Gasteiger partial charge in [0.05, 0.1) is 17.9 Å². The summed E-state index contributed by atoms with van der Waals surface area (Å²) in [6.07, 6.45) is 2.81. The number of hydrogen-bond donors (Lipinski definition) is 1. The molecule has 0 aliphatic carbocycles. The van der Waals surface area contributed by atoms with Crippen LogP contribution in [0.15, 0.2) is 35.3 Å². The minimum atomic E-state index is -0.112. The van der Waals surface area contributed by atoms with E-state index in [4.69, 9.17) is 0 Å². The monoisotopic (exact) mass is 258 g/mol. The lowest BCUT2D eigenvalue weighted by atomic mass is 10.3. The first-order valence-electron chi connectivity index (χ1n) is 6.42. The summed E-state index contributed by atoms with van der Waals surface area (Å²) >= 11 is 0. The third-order valence-electron chi connectivity index (χ3n) is 2.71. The zero-order valence-electron chi connectivity index (χ0n) is 11.3. The highest BCUT2D eigenvalue weighted by Crippen LogP contribution is 2.08. The van der Waals surface area contributed by atoms with Crippen molar-refractivity contribution in [3.05, 3.63) is 52.2 Å². The predicted molar refractivity (Wildman–Crippen MR) is 75.4 cm³/mol. The lowest BCUT2D eigenvalue weighted by molar-refractivity contribution is 0.618. The summed E-state index contributed by atoms with van der Waals surface area (Å²) in [7, 11) is 0. The number of aromatic nitrogens is 3. The Morgan fingerprint density at radius 1 is 1.32 bits per heavy atom. The minimum Gasteiger partial charge on any atom is -0.385 e. The topological polar surface area (TPSA) is 59.8 Å². The van der Waals surface area contributed by atoms with Gasteiger partial charge in [-0.05, 0) is 31.5 Å². The number of aryl methyl sites for hydroxylation is 1. The first kappa shape index (κ1) is 13.3. The molecule has 0 aliphatic rings. The predicted octanol–water partition coefficient (Wildman–Crippen LogP) is 1.82. The van der Waals surface area contributed by atoms with Crippen molar-refractivity contribution in [3.63, 3.8) is 0 Å². The maximum atomic E-state index is 11.7. The van der Waals surface area contributed by atoms with Crippen LogP contribution in [0.5, 0.6) is 0 Å². The summed E-state index contributed by atoms with van der Waals surface area (Å²) < 4.78 is 1.43. The Labute approximate surface area is 112 Å². The highest BCUT2D eigenvalue weighted by atomic mass is 16.1. The number of nitrogens with one attached hydrogen (secondary N) is 1. The van der Waals surface area contributed by atoms with E-state index in [2.05, 4.69) is 22.3 Å². The molecule has 19 heavy (non-hydrogen) atoms. The second-order valence-electron chi connectivity index (χ2n) is 4.43. The van der Waals surface area contributed by atoms with Crippen LogP contribution in [0, 0.1) is 6.92 Å². The standard InChI is InChI=1S/C14H18N4O/c1-3-7-15-12-6-8-16-13(9-12)10-18-14(19)5-4-11(2)17-18/h4-6,8-9H,3,7,10H2,1-2H3,(H,15,16). The first-order chi connectivity index (χ1) is 9.19. The molecule has 0 saturated carbocycles. The van der Waals surface area contributed by atoms with Crippen molar-refractivity contribution in [1.29, 1.82) is 0 Å². The fourth-order valence-electron chi connectivity index (χ4n) is 1.76. The van der Waals surface area contributed by atoms with E-state index in [0.29, 0.717) is 6.54 Å². The van der Waals surface area contributed by atoms with Crippen LogP contribution in [0.1, 0.15) is 24.7 Å². The summed E-state index contributed by atoms with van der Waals surface area (Å²) in [6.45, 7) is 5.29. The second kappa shape index (κ2) is 6.13. The average molecular weight is 258 g/mol. The van der Waals surface area contributed by atoms with Crippen LogP contribution in [-0.2, 0) is 6.54 Å². The minimum absolute atomic E-state index is 0.112. The van der Waals surface area contributed by atoms with Crippen molar-refractivity contribution < 1.29 is 0 Å². The molecule has 0 fully saturated rings. The van der Waals surface area contributed by atoms with E-state index in [1.165, 1.54) is 10.7 Å². The van der Waals surface area contributed by atoms with Crippen molar-refractivity contribution >= 4 is 5.69 Å². The van der Waals surface area contributed by atoms with Crippen molar-refractivity contribution in [2.75, 3.05) is 11.9 Å². The lowest BCUT2D eigenvalue weighted by Crippen LogP contribution is -2.23. The summed E-state index contributed by atoms with van der Waals surface area (Å²) in [5.74, 6) is 0. The molecule has 2 rings (SSSR count). The molecule has 0 amide bonds. The van der Waals surface area contributed by atoms with Crippen LogP contribution < -0.4 is 10.9 Å². The lowest BCUT2D eigenvalue weighted by Gasteiger charge is -2.08. The first-order valence-corrected chi connectivity index (χ1v) is 6.42. The smallest absolute Gasteiger partial charge is 0.267 e. The summed E-state index contributed by atoms with van der Waals surface area (Å²) in [6, 6.07) is 7.12. The quantitative estimate of drug-likeness (QED) is 0.888. The van der Waals surface area contributed by atoms with Gasteiger partial charge in [-0.15, -0.1) is 0 Å². The Kier molecular flexibility index (Phi) is 4.28. The third kappa shape index (κ3) is 3.64. The van der Waals surface area contributed by atoms with Crippen LogP contribution in [0.2, 0.25) is 0 Å². The van der Waals surface area contributed by atoms with E-state index in [1.54, 1.807) is 12.3 Å². The normalized spacial score (nSPS) is 10.4. The molecule has 2 aromatic heterocycles. The largest absolute Gasteiger partial charge is 0.385 e. The molecule has 0 aliphatic heterocycles. The van der Waals surface area contributed by atoms with Crippen LogP contribution in [0.3, 0.4) is 0 Å². The molecule has 0 saturated heterocycles. The van der Waals surface area contributed by atoms with Gasteiger partial charge in [-0.3, -0.25) is 9.78 Å². The van der Waals surface area contributed by atoms with E-state index in [9.17, 15) is 4.79 Å². The molecule has 0 radical (unpaired) electrons. The van der Waals surface area contributed by atoms with Gasteiger partial charge in [0.2, 0.25) is 0 Å². The molecule has 0 spiro atoms. The van der Waals surface area contributed by atoms with E-state index < -0.39 is 0 Å². The zero-order valence-corrected chi connectivity index (χ0v) is 11.3. The van der Waals surface area contributed by atoms with Gasteiger partial charge in [-0.2, -0.15) is 5.10 Å². The highest BCUT2D eigenvalue weighted by molar-refractivity contribution is 5.43. The molecule has 0 unspecified atom stereocenters. The van der Waals surface area contributed by atoms with Gasteiger partial charge in [-0.1, -0.05) is 6.92 Å². The van der Waals surface area contributed by atoms with Gasteiger partial charge in [0.25, 0.3) is 5.56 Å². The SMILES string of the molecule is CCCNc1ccnc(Cn2nc(C)ccc2=O)c1. The zero-order chi connectivity index (χ0) is 13.7. The van der Waals surface area contributed by atoms with Gasteiger partial charge >= 0.3 is 0 Å². The molecular formula is C14H18N4O. The van der Waals surface area contributed by atoms with Gasteiger partial charge in [0.15, 0.2) is 0 Å². The Balaban J connectivity index is 2.18. The molecule has 0 bridgehead atoms. The molecular weight excluding hydrogens is 240 g/mol. The molecule has 0 aromatic carbocycles. The van der Waals surface area contributed by atoms with E-state index in [1.807, 2.05) is 19.1 Å². The number of anilines is 1. The Morgan fingerprint density at radius 2 is 2.16 bits per heavy atom. The van der Waals surface area contributed by atoms with E-state index in [-0.39, 0.29) is 5.56 Å². The molecule has 2 aromatic rings. The molecule has 2 heterocycles. The maximum Gasteiger partial charge on any atom is 0.267 e. The van der Waals surface area contributed by atoms with Crippen molar-refractivity contribution in [3.8, 4) is 0 Å². The Morgan fingerprint density at radius 3 is 2.95 bits per heavy atom. The molecule has 5 nitrogen and oxygen atoms in total. The summed E-state index contributed by atoms with van der Waals surface area (Å²) in [4.78, 5) is 16.0. The Hall–Kier alpha value is -2.17. The van der Waals surface area contributed by atoms with Crippen molar-refractivity contribution in [2.24, 2.45) is 0 Å².